The molecule has 2 aromatic heterocycles. The third-order valence-corrected chi connectivity index (χ3v) is 8.19. The number of aryl methyl sites for hydroxylation is 2. The van der Waals surface area contributed by atoms with Crippen LogP contribution in [-0.2, 0) is 30.7 Å². The number of hydrogen-bond donors (Lipinski definition) is 1. The Morgan fingerprint density at radius 2 is 2.09 bits per heavy atom. The van der Waals surface area contributed by atoms with Crippen molar-refractivity contribution in [1.82, 2.24) is 14.9 Å². The van der Waals surface area contributed by atoms with Gasteiger partial charge in [-0.2, -0.15) is 0 Å². The lowest BCUT2D eigenvalue weighted by Gasteiger charge is -2.15. The average Bonchev–Trinajstić information content (AvgIpc) is 3.41. The van der Waals surface area contributed by atoms with Crippen LogP contribution in [0.3, 0.4) is 0 Å². The first-order valence-electron chi connectivity index (χ1n) is 10.9. The molecule has 0 spiro atoms. The molecular formula is C23H25N3O4S2. The molecule has 1 N–H and O–H groups in total. The van der Waals surface area contributed by atoms with Crippen LogP contribution in [0.1, 0.15) is 42.7 Å². The first-order chi connectivity index (χ1) is 15.5. The summed E-state index contributed by atoms with van der Waals surface area (Å²) >= 11 is 2.97. The molecule has 1 unspecified atom stereocenters. The summed E-state index contributed by atoms with van der Waals surface area (Å²) in [6, 6.07) is 5.64. The van der Waals surface area contributed by atoms with E-state index in [1.807, 2.05) is 32.0 Å². The number of ether oxygens (including phenoxy) is 2. The van der Waals surface area contributed by atoms with E-state index in [9.17, 15) is 9.59 Å². The van der Waals surface area contributed by atoms with Crippen molar-refractivity contribution < 1.29 is 14.3 Å². The maximum atomic E-state index is 13.3. The van der Waals surface area contributed by atoms with E-state index in [0.717, 1.165) is 40.8 Å². The van der Waals surface area contributed by atoms with Crippen molar-refractivity contribution in [2.24, 2.45) is 0 Å². The number of aromatic nitrogens is 2. The average molecular weight is 472 g/mol. The van der Waals surface area contributed by atoms with Gasteiger partial charge in [0.1, 0.15) is 4.83 Å². The maximum absolute atomic E-state index is 13.3. The van der Waals surface area contributed by atoms with Gasteiger partial charge in [0.15, 0.2) is 16.7 Å². The zero-order chi connectivity index (χ0) is 22.2. The van der Waals surface area contributed by atoms with Crippen molar-refractivity contribution in [3.63, 3.8) is 0 Å². The predicted octanol–water partition coefficient (Wildman–Crippen LogP) is 3.88. The van der Waals surface area contributed by atoms with Gasteiger partial charge in [-0.25, -0.2) is 4.98 Å². The van der Waals surface area contributed by atoms with Gasteiger partial charge in [-0.1, -0.05) is 17.8 Å². The minimum atomic E-state index is -0.388. The van der Waals surface area contributed by atoms with Crippen molar-refractivity contribution in [3.8, 4) is 11.5 Å². The van der Waals surface area contributed by atoms with E-state index in [1.165, 1.54) is 28.6 Å². The summed E-state index contributed by atoms with van der Waals surface area (Å²) in [4.78, 5) is 33.0. The van der Waals surface area contributed by atoms with Gasteiger partial charge in [-0.15, -0.1) is 11.3 Å². The molecule has 3 heterocycles. The van der Waals surface area contributed by atoms with E-state index >= 15 is 0 Å². The van der Waals surface area contributed by atoms with Crippen LogP contribution < -0.4 is 20.3 Å². The third-order valence-electron chi connectivity index (χ3n) is 5.91. The summed E-state index contributed by atoms with van der Waals surface area (Å²) in [5.41, 5.74) is 2.16. The second-order valence-electron chi connectivity index (χ2n) is 8.00. The number of rotatable bonds is 6. The first kappa shape index (κ1) is 21.3. The smallest absolute Gasteiger partial charge is 0.263 e. The van der Waals surface area contributed by atoms with Gasteiger partial charge in [-0.05, 0) is 62.8 Å². The minimum absolute atomic E-state index is 0.0207. The summed E-state index contributed by atoms with van der Waals surface area (Å²) in [7, 11) is 0. The lowest BCUT2D eigenvalue weighted by Crippen LogP contribution is -2.31. The second kappa shape index (κ2) is 8.78. The molecule has 2 aliphatic rings. The Labute approximate surface area is 194 Å². The topological polar surface area (TPSA) is 82.5 Å². The fraction of sp³-hybridized carbons (Fsp3) is 0.435. The van der Waals surface area contributed by atoms with Crippen molar-refractivity contribution >= 4 is 39.2 Å². The van der Waals surface area contributed by atoms with Crippen LogP contribution >= 0.6 is 23.1 Å². The molecule has 1 amide bonds. The molecule has 3 aromatic rings. The van der Waals surface area contributed by atoms with E-state index in [-0.39, 0.29) is 23.5 Å². The van der Waals surface area contributed by atoms with E-state index < -0.39 is 0 Å². The zero-order valence-corrected chi connectivity index (χ0v) is 19.7. The highest BCUT2D eigenvalue weighted by Gasteiger charge is 2.24. The van der Waals surface area contributed by atoms with Crippen molar-refractivity contribution in [3.05, 3.63) is 44.6 Å². The molecule has 0 saturated heterocycles. The summed E-state index contributed by atoms with van der Waals surface area (Å²) in [5.74, 6) is 1.32. The van der Waals surface area contributed by atoms with Crippen LogP contribution in [0.15, 0.2) is 28.2 Å². The quantitative estimate of drug-likeness (QED) is 0.434. The van der Waals surface area contributed by atoms with Gasteiger partial charge in [0.05, 0.1) is 10.6 Å². The Balaban J connectivity index is 1.33. The number of fused-ring (bicyclic) bond motifs is 4. The molecule has 1 atom stereocenters. The molecule has 1 aliphatic carbocycles. The number of hydrogen-bond acceptors (Lipinski definition) is 7. The van der Waals surface area contributed by atoms with Crippen LogP contribution in [-0.4, -0.2) is 27.5 Å². The number of carbonyl (C=O) groups is 1. The van der Waals surface area contributed by atoms with E-state index in [0.29, 0.717) is 24.0 Å². The van der Waals surface area contributed by atoms with Crippen LogP contribution in [0, 0.1) is 0 Å². The molecule has 32 heavy (non-hydrogen) atoms. The summed E-state index contributed by atoms with van der Waals surface area (Å²) < 4.78 is 12.4. The molecule has 0 fully saturated rings. The van der Waals surface area contributed by atoms with Gasteiger partial charge >= 0.3 is 0 Å². The maximum Gasteiger partial charge on any atom is 0.263 e. The number of carbonyl (C=O) groups excluding carboxylic acids is 1. The SMILES string of the molecule is CCn1c(SC(C)C(=O)NCc2ccc3c(c2)OCO3)nc2sc3c(c2c1=O)CCCC3. The van der Waals surface area contributed by atoms with Crippen molar-refractivity contribution in [1.29, 1.82) is 0 Å². The number of nitrogens with one attached hydrogen (secondary N) is 1. The fourth-order valence-electron chi connectivity index (χ4n) is 4.18. The Morgan fingerprint density at radius 3 is 2.94 bits per heavy atom. The number of benzene rings is 1. The van der Waals surface area contributed by atoms with Gasteiger partial charge < -0.3 is 14.8 Å². The second-order valence-corrected chi connectivity index (χ2v) is 10.4. The zero-order valence-electron chi connectivity index (χ0n) is 18.1. The third kappa shape index (κ3) is 3.88. The van der Waals surface area contributed by atoms with Crippen molar-refractivity contribution in [2.45, 2.75) is 63.0 Å². The molecule has 1 aliphatic heterocycles. The van der Waals surface area contributed by atoms with Gasteiger partial charge in [0.25, 0.3) is 5.56 Å². The predicted molar refractivity (Wildman–Crippen MR) is 126 cm³/mol. The summed E-state index contributed by atoms with van der Waals surface area (Å²) in [5, 5.41) is 3.98. The van der Waals surface area contributed by atoms with Crippen LogP contribution in [0.2, 0.25) is 0 Å². The first-order valence-corrected chi connectivity index (χ1v) is 12.6. The number of nitrogens with zero attached hydrogens (tertiary/aromatic N) is 2. The summed E-state index contributed by atoms with van der Waals surface area (Å²) in [6.07, 6.45) is 4.29. The Hall–Kier alpha value is -2.52. The minimum Gasteiger partial charge on any atom is -0.454 e. The van der Waals surface area contributed by atoms with Gasteiger partial charge in [0, 0.05) is 18.0 Å². The Kier molecular flexibility index (Phi) is 5.86. The monoisotopic (exact) mass is 471 g/mol. The highest BCUT2D eigenvalue weighted by atomic mass is 32.2. The molecule has 0 radical (unpaired) electrons. The molecule has 5 rings (SSSR count). The molecular weight excluding hydrogens is 446 g/mol. The standard InChI is InChI=1S/C23H25N3O4S2/c1-3-26-22(28)19-15-6-4-5-7-18(15)32-21(19)25-23(26)31-13(2)20(27)24-11-14-8-9-16-17(10-14)30-12-29-16/h8-10,13H,3-7,11-12H2,1-2H3,(H,24,27). The van der Waals surface area contributed by atoms with Gasteiger partial charge in [0.2, 0.25) is 12.7 Å². The number of thioether (sulfide) groups is 1. The number of thiophene rings is 1. The van der Waals surface area contributed by atoms with Gasteiger partial charge in [-0.3, -0.25) is 14.2 Å². The molecule has 7 nitrogen and oxygen atoms in total. The summed E-state index contributed by atoms with van der Waals surface area (Å²) in [6.45, 7) is 4.94. The molecule has 1 aromatic carbocycles. The Bertz CT molecular complexity index is 1250. The van der Waals surface area contributed by atoms with Crippen LogP contribution in [0.4, 0.5) is 0 Å². The highest BCUT2D eigenvalue weighted by molar-refractivity contribution is 8.00. The lowest BCUT2D eigenvalue weighted by atomic mass is 9.97. The van der Waals surface area contributed by atoms with Crippen LogP contribution in [0.25, 0.3) is 10.2 Å². The largest absolute Gasteiger partial charge is 0.454 e. The van der Waals surface area contributed by atoms with E-state index in [1.54, 1.807) is 15.9 Å². The Morgan fingerprint density at radius 1 is 1.28 bits per heavy atom. The van der Waals surface area contributed by atoms with Crippen LogP contribution in [0.5, 0.6) is 11.5 Å². The number of amides is 1. The molecule has 168 valence electrons. The van der Waals surface area contributed by atoms with Crippen molar-refractivity contribution in [2.75, 3.05) is 6.79 Å². The van der Waals surface area contributed by atoms with E-state index in [4.69, 9.17) is 14.5 Å². The highest BCUT2D eigenvalue weighted by Crippen LogP contribution is 2.35. The van der Waals surface area contributed by atoms with E-state index in [2.05, 4.69) is 5.32 Å². The lowest BCUT2D eigenvalue weighted by molar-refractivity contribution is -0.120. The molecule has 0 bridgehead atoms. The molecule has 9 heteroatoms. The normalized spacial score (nSPS) is 15.6. The molecule has 0 saturated carbocycles. The fourth-order valence-corrected chi connectivity index (χ4v) is 6.48.